The number of carbonyl (C=O) groups is 2. The van der Waals surface area contributed by atoms with Crippen LogP contribution in [-0.4, -0.2) is 23.3 Å². The van der Waals surface area contributed by atoms with Gasteiger partial charge in [-0.15, -0.1) is 11.3 Å². The van der Waals surface area contributed by atoms with Crippen LogP contribution in [0.4, 0.5) is 5.13 Å². The van der Waals surface area contributed by atoms with Gasteiger partial charge in [0.25, 0.3) is 0 Å². The molecule has 0 aromatic carbocycles. The van der Waals surface area contributed by atoms with Gasteiger partial charge in [0.05, 0.1) is 6.54 Å². The molecule has 0 aliphatic heterocycles. The molecule has 0 spiro atoms. The van der Waals surface area contributed by atoms with Gasteiger partial charge >= 0.3 is 0 Å². The third-order valence-corrected chi connectivity index (χ3v) is 2.85. The van der Waals surface area contributed by atoms with Crippen molar-refractivity contribution in [3.63, 3.8) is 0 Å². The largest absolute Gasteiger partial charge is 0.347 e. The van der Waals surface area contributed by atoms with Gasteiger partial charge in [-0.25, -0.2) is 4.98 Å². The van der Waals surface area contributed by atoms with Crippen LogP contribution in [0.15, 0.2) is 11.6 Å². The molecule has 1 heterocycles. The maximum Gasteiger partial charge on any atom is 0.245 e. The molecule has 6 heteroatoms. The van der Waals surface area contributed by atoms with Gasteiger partial charge in [0.2, 0.25) is 11.8 Å². The normalized spacial score (nSPS) is 11.9. The van der Waals surface area contributed by atoms with Gasteiger partial charge in [-0.05, 0) is 6.42 Å². The van der Waals surface area contributed by atoms with Gasteiger partial charge in [0, 0.05) is 17.5 Å². The summed E-state index contributed by atoms with van der Waals surface area (Å²) < 4.78 is 0. The molecule has 88 valence electrons. The zero-order chi connectivity index (χ0) is 12.0. The summed E-state index contributed by atoms with van der Waals surface area (Å²) in [5.41, 5.74) is 0. The van der Waals surface area contributed by atoms with Crippen molar-refractivity contribution < 1.29 is 9.59 Å². The molecule has 0 bridgehead atoms. The topological polar surface area (TPSA) is 71.1 Å². The Kier molecular flexibility index (Phi) is 4.91. The highest BCUT2D eigenvalue weighted by molar-refractivity contribution is 7.13. The lowest BCUT2D eigenvalue weighted by atomic mass is 10.1. The smallest absolute Gasteiger partial charge is 0.245 e. The van der Waals surface area contributed by atoms with Crippen LogP contribution < -0.4 is 10.6 Å². The highest BCUT2D eigenvalue weighted by Gasteiger charge is 2.11. The Morgan fingerprint density at radius 3 is 2.88 bits per heavy atom. The maximum absolute atomic E-state index is 11.4. The van der Waals surface area contributed by atoms with Crippen molar-refractivity contribution in [1.29, 1.82) is 0 Å². The molecule has 1 atom stereocenters. The molecule has 0 fully saturated rings. The lowest BCUT2D eigenvalue weighted by Crippen LogP contribution is -2.35. The molecule has 5 nitrogen and oxygen atoms in total. The lowest BCUT2D eigenvalue weighted by molar-refractivity contribution is -0.126. The first kappa shape index (κ1) is 12.6. The van der Waals surface area contributed by atoms with Crippen LogP contribution in [0.1, 0.15) is 20.3 Å². The summed E-state index contributed by atoms with van der Waals surface area (Å²) in [6.07, 6.45) is 2.37. The van der Waals surface area contributed by atoms with Gasteiger partial charge in [0.1, 0.15) is 0 Å². The molecule has 1 aromatic heterocycles. The number of nitrogens with zero attached hydrogens (tertiary/aromatic N) is 1. The van der Waals surface area contributed by atoms with Crippen LogP contribution in [0.5, 0.6) is 0 Å². The van der Waals surface area contributed by atoms with E-state index in [1.165, 1.54) is 11.3 Å². The van der Waals surface area contributed by atoms with Crippen LogP contribution in [0.25, 0.3) is 0 Å². The van der Waals surface area contributed by atoms with Crippen LogP contribution in [0.3, 0.4) is 0 Å². The van der Waals surface area contributed by atoms with Gasteiger partial charge in [-0.1, -0.05) is 13.8 Å². The molecule has 0 aliphatic carbocycles. The molecule has 0 saturated heterocycles. The summed E-state index contributed by atoms with van der Waals surface area (Å²) in [5, 5.41) is 7.47. The second-order valence-corrected chi connectivity index (χ2v) is 4.31. The lowest BCUT2D eigenvalue weighted by Gasteiger charge is -2.09. The average Bonchev–Trinajstić information content (AvgIpc) is 2.77. The number of nitrogens with one attached hydrogen (secondary N) is 2. The first-order valence-electron chi connectivity index (χ1n) is 5.10. The molecule has 2 N–H and O–H groups in total. The van der Waals surface area contributed by atoms with Crippen molar-refractivity contribution in [2.24, 2.45) is 5.92 Å². The first-order valence-corrected chi connectivity index (χ1v) is 5.98. The Morgan fingerprint density at radius 2 is 2.31 bits per heavy atom. The maximum atomic E-state index is 11.4. The van der Waals surface area contributed by atoms with Crippen molar-refractivity contribution in [3.05, 3.63) is 11.6 Å². The third kappa shape index (κ3) is 3.98. The van der Waals surface area contributed by atoms with Crippen molar-refractivity contribution in [2.75, 3.05) is 11.9 Å². The molecule has 0 aliphatic rings. The van der Waals surface area contributed by atoms with Crippen LogP contribution in [0.2, 0.25) is 0 Å². The number of aromatic nitrogens is 1. The van der Waals surface area contributed by atoms with E-state index in [4.69, 9.17) is 0 Å². The number of rotatable bonds is 5. The van der Waals surface area contributed by atoms with Crippen molar-refractivity contribution >= 4 is 28.3 Å². The third-order valence-electron chi connectivity index (χ3n) is 2.16. The van der Waals surface area contributed by atoms with E-state index in [9.17, 15) is 9.59 Å². The van der Waals surface area contributed by atoms with E-state index >= 15 is 0 Å². The minimum atomic E-state index is -0.258. The second kappa shape index (κ2) is 6.22. The van der Waals surface area contributed by atoms with Crippen molar-refractivity contribution in [1.82, 2.24) is 10.3 Å². The molecule has 1 rings (SSSR count). The molecule has 0 radical (unpaired) electrons. The zero-order valence-corrected chi connectivity index (χ0v) is 10.1. The Bertz CT molecular complexity index is 351. The summed E-state index contributed by atoms with van der Waals surface area (Å²) in [5.74, 6) is -0.420. The minimum Gasteiger partial charge on any atom is -0.347 e. The molecule has 0 saturated carbocycles. The number of carbonyl (C=O) groups excluding carboxylic acids is 2. The van der Waals surface area contributed by atoms with E-state index in [0.717, 1.165) is 6.42 Å². The number of hydrogen-bond donors (Lipinski definition) is 2. The van der Waals surface area contributed by atoms with Gasteiger partial charge in [-0.2, -0.15) is 0 Å². The SMILES string of the molecule is CCC(C)C(=O)NCC(=O)Nc1nccs1. The summed E-state index contributed by atoms with van der Waals surface area (Å²) >= 11 is 1.34. The van der Waals surface area contributed by atoms with Crippen LogP contribution in [-0.2, 0) is 9.59 Å². The fourth-order valence-corrected chi connectivity index (χ4v) is 1.52. The summed E-state index contributed by atoms with van der Waals surface area (Å²) in [7, 11) is 0. The minimum absolute atomic E-state index is 0.0112. The zero-order valence-electron chi connectivity index (χ0n) is 9.32. The van der Waals surface area contributed by atoms with E-state index < -0.39 is 0 Å². The molecule has 1 unspecified atom stereocenters. The summed E-state index contributed by atoms with van der Waals surface area (Å²) in [6.45, 7) is 3.75. The monoisotopic (exact) mass is 241 g/mol. The van der Waals surface area contributed by atoms with E-state index in [0.29, 0.717) is 5.13 Å². The highest BCUT2D eigenvalue weighted by Crippen LogP contribution is 2.09. The molecular weight excluding hydrogens is 226 g/mol. The fraction of sp³-hybridized carbons (Fsp3) is 0.500. The Morgan fingerprint density at radius 1 is 1.56 bits per heavy atom. The Balaban J connectivity index is 2.28. The van der Waals surface area contributed by atoms with E-state index in [1.54, 1.807) is 11.6 Å². The van der Waals surface area contributed by atoms with Crippen LogP contribution >= 0.6 is 11.3 Å². The van der Waals surface area contributed by atoms with Gasteiger partial charge < -0.3 is 10.6 Å². The Hall–Kier alpha value is -1.43. The number of amides is 2. The predicted molar refractivity (Wildman–Crippen MR) is 63.2 cm³/mol. The van der Waals surface area contributed by atoms with E-state index in [1.807, 2.05) is 13.8 Å². The molecule has 1 aromatic rings. The highest BCUT2D eigenvalue weighted by atomic mass is 32.1. The van der Waals surface area contributed by atoms with Crippen LogP contribution in [0, 0.1) is 5.92 Å². The first-order chi connectivity index (χ1) is 7.63. The quantitative estimate of drug-likeness (QED) is 0.815. The van der Waals surface area contributed by atoms with Gasteiger partial charge in [0.15, 0.2) is 5.13 Å². The standard InChI is InChI=1S/C10H15N3O2S/c1-3-7(2)9(15)12-6-8(14)13-10-11-4-5-16-10/h4-5,7H,3,6H2,1-2H3,(H,12,15)(H,11,13,14). The Labute approximate surface area is 98.3 Å². The average molecular weight is 241 g/mol. The number of anilines is 1. The summed E-state index contributed by atoms with van der Waals surface area (Å²) in [6, 6.07) is 0. The van der Waals surface area contributed by atoms with Crippen molar-refractivity contribution in [3.8, 4) is 0 Å². The number of hydrogen-bond acceptors (Lipinski definition) is 4. The second-order valence-electron chi connectivity index (χ2n) is 3.41. The predicted octanol–water partition coefficient (Wildman–Crippen LogP) is 1.24. The van der Waals surface area contributed by atoms with Gasteiger partial charge in [-0.3, -0.25) is 9.59 Å². The molecular formula is C10H15N3O2S. The molecule has 16 heavy (non-hydrogen) atoms. The number of thiazole rings is 1. The van der Waals surface area contributed by atoms with E-state index in [2.05, 4.69) is 15.6 Å². The molecule has 2 amide bonds. The fourth-order valence-electron chi connectivity index (χ4n) is 0.976. The van der Waals surface area contributed by atoms with E-state index in [-0.39, 0.29) is 24.3 Å². The van der Waals surface area contributed by atoms with Crippen molar-refractivity contribution in [2.45, 2.75) is 20.3 Å². The summed E-state index contributed by atoms with van der Waals surface area (Å²) in [4.78, 5) is 26.7.